The Kier molecular flexibility index (Phi) is 7.51. The SMILES string of the molecule is CS(=O)(=O)c1ccc(OCC2CCC(N3CCN(c4ncc(C(F)(F)F)cn4)CC3)CC2)c(F)c1. The lowest BCUT2D eigenvalue weighted by Crippen LogP contribution is -2.51. The number of hydrogen-bond acceptors (Lipinski definition) is 7. The van der Waals surface area contributed by atoms with Crippen LogP contribution in [0.2, 0.25) is 0 Å². The minimum atomic E-state index is -4.45. The van der Waals surface area contributed by atoms with Crippen LogP contribution >= 0.6 is 0 Å². The van der Waals surface area contributed by atoms with Crippen LogP contribution in [0.15, 0.2) is 35.5 Å². The molecule has 0 radical (unpaired) electrons. The molecule has 0 unspecified atom stereocenters. The van der Waals surface area contributed by atoms with Crippen LogP contribution in [0.4, 0.5) is 23.5 Å². The van der Waals surface area contributed by atoms with Gasteiger partial charge in [-0.25, -0.2) is 22.8 Å². The van der Waals surface area contributed by atoms with Gasteiger partial charge in [-0.1, -0.05) is 0 Å². The Labute approximate surface area is 202 Å². The second kappa shape index (κ2) is 10.3. The summed E-state index contributed by atoms with van der Waals surface area (Å²) >= 11 is 0. The summed E-state index contributed by atoms with van der Waals surface area (Å²) < 4.78 is 81.1. The number of piperazine rings is 1. The van der Waals surface area contributed by atoms with Crippen molar-refractivity contribution in [2.45, 2.75) is 42.8 Å². The fourth-order valence-corrected chi connectivity index (χ4v) is 5.26. The summed E-state index contributed by atoms with van der Waals surface area (Å²) in [6.45, 7) is 3.25. The van der Waals surface area contributed by atoms with Crippen molar-refractivity contribution < 1.29 is 30.7 Å². The predicted octanol–water partition coefficient (Wildman–Crippen LogP) is 3.80. The third-order valence-electron chi connectivity index (χ3n) is 6.70. The molecule has 0 N–H and O–H groups in total. The molecule has 35 heavy (non-hydrogen) atoms. The largest absolute Gasteiger partial charge is 0.490 e. The summed E-state index contributed by atoms with van der Waals surface area (Å²) in [7, 11) is -3.47. The molecule has 2 aromatic rings. The van der Waals surface area contributed by atoms with Crippen LogP contribution in [0.25, 0.3) is 0 Å². The van der Waals surface area contributed by atoms with Crippen LogP contribution in [0.5, 0.6) is 5.75 Å². The van der Waals surface area contributed by atoms with Crippen LogP contribution in [-0.2, 0) is 16.0 Å². The molecule has 0 amide bonds. The van der Waals surface area contributed by atoms with E-state index in [4.69, 9.17) is 4.74 Å². The lowest BCUT2D eigenvalue weighted by atomic mass is 9.85. The quantitative estimate of drug-likeness (QED) is 0.541. The highest BCUT2D eigenvalue weighted by Gasteiger charge is 2.32. The van der Waals surface area contributed by atoms with Gasteiger partial charge in [0.2, 0.25) is 5.95 Å². The first-order valence-electron chi connectivity index (χ1n) is 11.5. The van der Waals surface area contributed by atoms with Crippen LogP contribution in [-0.4, -0.2) is 68.4 Å². The van der Waals surface area contributed by atoms with E-state index in [1.807, 2.05) is 4.90 Å². The van der Waals surface area contributed by atoms with E-state index in [0.717, 1.165) is 63.5 Å². The number of benzene rings is 1. The molecule has 4 rings (SSSR count). The second-order valence-corrected chi connectivity index (χ2v) is 11.2. The molecule has 7 nitrogen and oxygen atoms in total. The number of ether oxygens (including phenoxy) is 1. The van der Waals surface area contributed by atoms with Crippen molar-refractivity contribution in [3.63, 3.8) is 0 Å². The number of hydrogen-bond donors (Lipinski definition) is 0. The zero-order valence-corrected chi connectivity index (χ0v) is 20.2. The fraction of sp³-hybridized carbons (Fsp3) is 0.565. The number of alkyl halides is 3. The van der Waals surface area contributed by atoms with Crippen molar-refractivity contribution in [1.29, 1.82) is 0 Å². The Morgan fingerprint density at radius 3 is 2.20 bits per heavy atom. The minimum absolute atomic E-state index is 0.0566. The van der Waals surface area contributed by atoms with Crippen LogP contribution in [0.3, 0.4) is 0 Å². The molecule has 1 saturated heterocycles. The Balaban J connectivity index is 1.21. The van der Waals surface area contributed by atoms with E-state index in [9.17, 15) is 26.0 Å². The molecule has 0 atom stereocenters. The molecule has 2 aliphatic rings. The molecular formula is C23H28F4N4O3S. The maximum Gasteiger partial charge on any atom is 0.419 e. The topological polar surface area (TPSA) is 75.6 Å². The Hall–Kier alpha value is -2.47. The Morgan fingerprint density at radius 2 is 1.66 bits per heavy atom. The summed E-state index contributed by atoms with van der Waals surface area (Å²) in [5.74, 6) is -0.0185. The molecule has 1 aliphatic heterocycles. The second-order valence-electron chi connectivity index (χ2n) is 9.14. The summed E-state index contributed by atoms with van der Waals surface area (Å²) in [5, 5.41) is 0. The van der Waals surface area contributed by atoms with Gasteiger partial charge in [0.05, 0.1) is 17.1 Å². The average molecular weight is 517 g/mol. The number of anilines is 1. The van der Waals surface area contributed by atoms with Gasteiger partial charge in [0.25, 0.3) is 0 Å². The molecule has 1 aromatic heterocycles. The van der Waals surface area contributed by atoms with Crippen molar-refractivity contribution in [3.05, 3.63) is 42.0 Å². The summed E-state index contributed by atoms with van der Waals surface area (Å²) in [6.07, 6.45) is 2.09. The average Bonchev–Trinajstić information content (AvgIpc) is 2.83. The summed E-state index contributed by atoms with van der Waals surface area (Å²) in [6, 6.07) is 4.11. The van der Waals surface area contributed by atoms with Crippen molar-refractivity contribution in [1.82, 2.24) is 14.9 Å². The first kappa shape index (κ1) is 25.6. The smallest absolute Gasteiger partial charge is 0.419 e. The number of nitrogens with zero attached hydrogens (tertiary/aromatic N) is 4. The lowest BCUT2D eigenvalue weighted by molar-refractivity contribution is -0.138. The normalized spacial score (nSPS) is 22.3. The fourth-order valence-electron chi connectivity index (χ4n) is 4.63. The molecule has 192 valence electrons. The van der Waals surface area contributed by atoms with Crippen LogP contribution in [0, 0.1) is 11.7 Å². The number of halogens is 4. The zero-order valence-electron chi connectivity index (χ0n) is 19.3. The number of sulfone groups is 1. The van der Waals surface area contributed by atoms with Gasteiger partial charge in [-0.05, 0) is 49.8 Å². The molecule has 1 saturated carbocycles. The third-order valence-corrected chi connectivity index (χ3v) is 7.81. The van der Waals surface area contributed by atoms with Gasteiger partial charge >= 0.3 is 6.18 Å². The molecule has 2 fully saturated rings. The Bertz CT molecular complexity index is 1110. The van der Waals surface area contributed by atoms with Crippen molar-refractivity contribution in [2.75, 3.05) is 43.9 Å². The monoisotopic (exact) mass is 516 g/mol. The van der Waals surface area contributed by atoms with E-state index in [0.29, 0.717) is 37.6 Å². The van der Waals surface area contributed by atoms with Crippen molar-refractivity contribution >= 4 is 15.8 Å². The van der Waals surface area contributed by atoms with Crippen molar-refractivity contribution in [3.8, 4) is 5.75 Å². The zero-order chi connectivity index (χ0) is 25.2. The molecule has 0 bridgehead atoms. The number of aromatic nitrogens is 2. The van der Waals surface area contributed by atoms with Crippen LogP contribution in [0.1, 0.15) is 31.2 Å². The molecule has 1 aliphatic carbocycles. The van der Waals surface area contributed by atoms with Gasteiger partial charge in [0.1, 0.15) is 0 Å². The van der Waals surface area contributed by atoms with E-state index in [2.05, 4.69) is 14.9 Å². The van der Waals surface area contributed by atoms with Gasteiger partial charge in [-0.2, -0.15) is 13.2 Å². The van der Waals surface area contributed by atoms with Crippen LogP contribution < -0.4 is 9.64 Å². The summed E-state index contributed by atoms with van der Waals surface area (Å²) in [5.41, 5.74) is -0.853. The maximum atomic E-state index is 14.2. The maximum absolute atomic E-state index is 14.2. The summed E-state index contributed by atoms with van der Waals surface area (Å²) in [4.78, 5) is 12.0. The Morgan fingerprint density at radius 1 is 1.03 bits per heavy atom. The molecule has 12 heteroatoms. The minimum Gasteiger partial charge on any atom is -0.490 e. The molecule has 1 aromatic carbocycles. The lowest BCUT2D eigenvalue weighted by Gasteiger charge is -2.42. The standard InChI is InChI=1S/C23H28F4N4O3S/c1-35(32,33)19-6-7-21(20(24)12-19)34-15-16-2-4-18(5-3-16)30-8-10-31(11-9-30)22-28-13-17(14-29-22)23(25,26)27/h6-7,12-14,16,18H,2-5,8-11,15H2,1H3. The van der Waals surface area contributed by atoms with Gasteiger partial charge in [0, 0.05) is 50.9 Å². The first-order valence-corrected chi connectivity index (χ1v) is 13.4. The van der Waals surface area contributed by atoms with E-state index in [1.165, 1.54) is 12.1 Å². The predicted molar refractivity (Wildman–Crippen MR) is 122 cm³/mol. The van der Waals surface area contributed by atoms with Gasteiger partial charge < -0.3 is 9.64 Å². The van der Waals surface area contributed by atoms with E-state index < -0.39 is 27.4 Å². The highest BCUT2D eigenvalue weighted by atomic mass is 32.2. The van der Waals surface area contributed by atoms with Gasteiger partial charge in [0.15, 0.2) is 21.4 Å². The third kappa shape index (κ3) is 6.40. The molecule has 2 heterocycles. The van der Waals surface area contributed by atoms with E-state index in [-0.39, 0.29) is 10.6 Å². The number of rotatable bonds is 6. The molecule has 0 spiro atoms. The van der Waals surface area contributed by atoms with E-state index >= 15 is 0 Å². The van der Waals surface area contributed by atoms with Crippen molar-refractivity contribution in [2.24, 2.45) is 5.92 Å². The molecular weight excluding hydrogens is 488 g/mol. The van der Waals surface area contributed by atoms with Gasteiger partial charge in [-0.3, -0.25) is 4.90 Å². The van der Waals surface area contributed by atoms with E-state index in [1.54, 1.807) is 0 Å². The first-order chi connectivity index (χ1) is 16.5. The highest BCUT2D eigenvalue weighted by molar-refractivity contribution is 7.90. The van der Waals surface area contributed by atoms with Gasteiger partial charge in [-0.15, -0.1) is 0 Å². The highest BCUT2D eigenvalue weighted by Crippen LogP contribution is 2.31.